The van der Waals surface area contributed by atoms with Gasteiger partial charge in [0.15, 0.2) is 5.13 Å². The maximum atomic E-state index is 12.8. The Morgan fingerprint density at radius 1 is 1.03 bits per heavy atom. The molecule has 0 aliphatic carbocycles. The second-order valence-electron chi connectivity index (χ2n) is 7.36. The number of ether oxygens (including phenoxy) is 1. The van der Waals surface area contributed by atoms with Crippen LogP contribution in [0.1, 0.15) is 20.7 Å². The number of carbonyl (C=O) groups is 3. The van der Waals surface area contributed by atoms with Crippen LogP contribution in [0.2, 0.25) is 0 Å². The SMILES string of the molecule is COC(=O)c1ccc(N2CCN(C(=O)c3ccc4sc(N)nc4c3)CC2)cc1.O=C(O)C(F)(F)F. The molecule has 0 radical (unpaired) electrons. The second-order valence-corrected chi connectivity index (χ2v) is 8.42. The first-order chi connectivity index (χ1) is 16.5. The molecule has 0 unspecified atom stereocenters. The number of halogens is 3. The molecular weight excluding hydrogens is 489 g/mol. The van der Waals surface area contributed by atoms with Crippen LogP contribution < -0.4 is 10.6 Å². The molecule has 0 saturated carbocycles. The summed E-state index contributed by atoms with van der Waals surface area (Å²) in [5.74, 6) is -3.09. The number of carboxylic acid groups (broad SMARTS) is 1. The molecule has 13 heteroatoms. The normalized spacial score (nSPS) is 13.7. The van der Waals surface area contributed by atoms with Crippen molar-refractivity contribution in [2.45, 2.75) is 6.18 Å². The van der Waals surface area contributed by atoms with Crippen LogP contribution in [0.25, 0.3) is 10.2 Å². The van der Waals surface area contributed by atoms with Crippen LogP contribution in [0.3, 0.4) is 0 Å². The van der Waals surface area contributed by atoms with Crippen LogP contribution in [-0.4, -0.2) is 72.3 Å². The number of hydrogen-bond acceptors (Lipinski definition) is 8. The van der Waals surface area contributed by atoms with Gasteiger partial charge in [-0.15, -0.1) is 0 Å². The number of rotatable bonds is 3. The Labute approximate surface area is 201 Å². The van der Waals surface area contributed by atoms with Crippen LogP contribution in [0.15, 0.2) is 42.5 Å². The maximum Gasteiger partial charge on any atom is 0.490 e. The van der Waals surface area contributed by atoms with Crippen LogP contribution in [-0.2, 0) is 9.53 Å². The second kappa shape index (κ2) is 10.6. The molecule has 1 aliphatic rings. The zero-order valence-electron chi connectivity index (χ0n) is 18.4. The van der Waals surface area contributed by atoms with Crippen LogP contribution in [0, 0.1) is 0 Å². The van der Waals surface area contributed by atoms with Crippen molar-refractivity contribution < 1.29 is 37.4 Å². The lowest BCUT2D eigenvalue weighted by Gasteiger charge is -2.36. The van der Waals surface area contributed by atoms with E-state index in [1.807, 2.05) is 35.2 Å². The van der Waals surface area contributed by atoms with E-state index in [9.17, 15) is 22.8 Å². The van der Waals surface area contributed by atoms with Crippen molar-refractivity contribution in [3.8, 4) is 0 Å². The lowest BCUT2D eigenvalue weighted by atomic mass is 10.1. The lowest BCUT2D eigenvalue weighted by molar-refractivity contribution is -0.192. The molecule has 9 nitrogen and oxygen atoms in total. The monoisotopic (exact) mass is 510 g/mol. The summed E-state index contributed by atoms with van der Waals surface area (Å²) in [5, 5.41) is 7.63. The Morgan fingerprint density at radius 2 is 1.60 bits per heavy atom. The highest BCUT2D eigenvalue weighted by Crippen LogP contribution is 2.25. The van der Waals surface area contributed by atoms with Crippen LogP contribution >= 0.6 is 11.3 Å². The van der Waals surface area contributed by atoms with Gasteiger partial charge >= 0.3 is 18.1 Å². The number of hydrogen-bond donors (Lipinski definition) is 2. The number of carboxylic acids is 1. The molecule has 2 heterocycles. The number of esters is 1. The fourth-order valence-corrected chi connectivity index (χ4v) is 4.07. The fourth-order valence-electron chi connectivity index (χ4n) is 3.35. The predicted octanol–water partition coefficient (Wildman–Crippen LogP) is 3.26. The minimum Gasteiger partial charge on any atom is -0.475 e. The molecule has 3 N–H and O–H groups in total. The number of nitrogens with two attached hydrogens (primary N) is 1. The van der Waals surface area contributed by atoms with Crippen molar-refractivity contribution in [2.75, 3.05) is 43.9 Å². The quantitative estimate of drug-likeness (QED) is 0.515. The zero-order chi connectivity index (χ0) is 25.8. The first-order valence-electron chi connectivity index (χ1n) is 10.2. The third-order valence-corrected chi connectivity index (χ3v) is 5.98. The first kappa shape index (κ1) is 25.7. The Kier molecular flexibility index (Phi) is 7.79. The average Bonchev–Trinajstić information content (AvgIpc) is 3.22. The summed E-state index contributed by atoms with van der Waals surface area (Å²) in [6, 6.07) is 12.9. The average molecular weight is 510 g/mol. The van der Waals surface area contributed by atoms with E-state index in [0.717, 1.165) is 29.0 Å². The number of carbonyl (C=O) groups excluding carboxylic acids is 2. The van der Waals surface area contributed by atoms with Crippen molar-refractivity contribution in [1.82, 2.24) is 9.88 Å². The smallest absolute Gasteiger partial charge is 0.475 e. The third-order valence-electron chi connectivity index (χ3n) is 5.11. The van der Waals surface area contributed by atoms with Gasteiger partial charge in [-0.25, -0.2) is 14.6 Å². The minimum absolute atomic E-state index is 0.00848. The van der Waals surface area contributed by atoms with Crippen molar-refractivity contribution >= 4 is 50.2 Å². The Bertz CT molecular complexity index is 1220. The molecule has 0 bridgehead atoms. The van der Waals surface area contributed by atoms with Gasteiger partial charge in [0.2, 0.25) is 0 Å². The van der Waals surface area contributed by atoms with Gasteiger partial charge < -0.3 is 25.4 Å². The third kappa shape index (κ3) is 6.38. The molecule has 1 saturated heterocycles. The zero-order valence-corrected chi connectivity index (χ0v) is 19.2. The molecule has 35 heavy (non-hydrogen) atoms. The van der Waals surface area contributed by atoms with E-state index in [2.05, 4.69) is 9.88 Å². The summed E-state index contributed by atoms with van der Waals surface area (Å²) in [6.45, 7) is 2.73. The van der Waals surface area contributed by atoms with Crippen molar-refractivity contribution in [2.24, 2.45) is 0 Å². The number of aromatic nitrogens is 1. The first-order valence-corrected chi connectivity index (χ1v) is 11.0. The molecular formula is C22H21F3N4O5S. The number of amides is 1. The molecule has 2 aromatic carbocycles. The highest BCUT2D eigenvalue weighted by molar-refractivity contribution is 7.22. The maximum absolute atomic E-state index is 12.8. The Balaban J connectivity index is 0.000000429. The molecule has 3 aromatic rings. The number of anilines is 2. The van der Waals surface area contributed by atoms with Crippen LogP contribution in [0.5, 0.6) is 0 Å². The van der Waals surface area contributed by atoms with Gasteiger partial charge in [-0.1, -0.05) is 11.3 Å². The predicted molar refractivity (Wildman–Crippen MR) is 124 cm³/mol. The number of thiazole rings is 1. The molecule has 0 atom stereocenters. The van der Waals surface area contributed by atoms with E-state index in [-0.39, 0.29) is 11.9 Å². The minimum atomic E-state index is -5.08. The highest BCUT2D eigenvalue weighted by Gasteiger charge is 2.38. The van der Waals surface area contributed by atoms with E-state index < -0.39 is 12.1 Å². The van der Waals surface area contributed by atoms with E-state index in [1.165, 1.54) is 18.4 Å². The summed E-state index contributed by atoms with van der Waals surface area (Å²) in [4.78, 5) is 41.6. The number of benzene rings is 2. The van der Waals surface area contributed by atoms with Gasteiger partial charge in [-0.05, 0) is 42.5 Å². The summed E-state index contributed by atoms with van der Waals surface area (Å²) < 4.78 is 37.4. The molecule has 1 fully saturated rings. The van der Waals surface area contributed by atoms with E-state index in [0.29, 0.717) is 29.3 Å². The number of methoxy groups -OCH3 is 1. The Hall–Kier alpha value is -3.87. The van der Waals surface area contributed by atoms with Crippen molar-refractivity contribution in [1.29, 1.82) is 0 Å². The van der Waals surface area contributed by atoms with Gasteiger partial charge in [0.1, 0.15) is 0 Å². The summed E-state index contributed by atoms with van der Waals surface area (Å²) >= 11 is 1.42. The topological polar surface area (TPSA) is 126 Å². The fraction of sp³-hybridized carbons (Fsp3) is 0.273. The number of nitrogens with zero attached hydrogens (tertiary/aromatic N) is 3. The van der Waals surface area contributed by atoms with Gasteiger partial charge in [0.05, 0.1) is 22.9 Å². The number of aliphatic carboxylic acids is 1. The van der Waals surface area contributed by atoms with Gasteiger partial charge in [-0.2, -0.15) is 13.2 Å². The molecule has 1 aromatic heterocycles. The molecule has 1 amide bonds. The number of alkyl halides is 3. The molecule has 1 aliphatic heterocycles. The van der Waals surface area contributed by atoms with Crippen molar-refractivity contribution in [3.05, 3.63) is 53.6 Å². The largest absolute Gasteiger partial charge is 0.490 e. The van der Waals surface area contributed by atoms with Gasteiger partial charge in [-0.3, -0.25) is 4.79 Å². The standard InChI is InChI=1S/C20H20N4O3S.C2HF3O2/c1-27-19(26)13-2-5-15(6-3-13)23-8-10-24(11-9-23)18(25)14-4-7-17-16(12-14)22-20(21)28-17;3-2(4,5)1(6)7/h2-7,12H,8-11H2,1H3,(H2,21,22);(H,6,7). The summed E-state index contributed by atoms with van der Waals surface area (Å²) in [5.41, 5.74) is 8.69. The Morgan fingerprint density at radius 3 is 2.14 bits per heavy atom. The number of nitrogen functional groups attached to an aromatic ring is 1. The lowest BCUT2D eigenvalue weighted by Crippen LogP contribution is -2.48. The van der Waals surface area contributed by atoms with E-state index in [4.69, 9.17) is 20.4 Å². The van der Waals surface area contributed by atoms with E-state index >= 15 is 0 Å². The van der Waals surface area contributed by atoms with Crippen molar-refractivity contribution in [3.63, 3.8) is 0 Å². The molecule has 186 valence electrons. The molecule has 4 rings (SSSR count). The van der Waals surface area contributed by atoms with Gasteiger partial charge in [0, 0.05) is 37.4 Å². The van der Waals surface area contributed by atoms with Gasteiger partial charge in [0.25, 0.3) is 5.91 Å². The number of fused-ring (bicyclic) bond motifs is 1. The highest BCUT2D eigenvalue weighted by atomic mass is 32.1. The summed E-state index contributed by atoms with van der Waals surface area (Å²) in [7, 11) is 1.37. The summed E-state index contributed by atoms with van der Waals surface area (Å²) in [6.07, 6.45) is -5.08. The molecule has 0 spiro atoms. The van der Waals surface area contributed by atoms with E-state index in [1.54, 1.807) is 12.1 Å². The van der Waals surface area contributed by atoms with Crippen LogP contribution in [0.4, 0.5) is 24.0 Å². The number of piperazine rings is 1.